The number of anilines is 1. The van der Waals surface area contributed by atoms with E-state index < -0.39 is 11.7 Å². The van der Waals surface area contributed by atoms with Gasteiger partial charge in [-0.05, 0) is 74.0 Å². The maximum Gasteiger partial charge on any atom is 0.416 e. The zero-order chi connectivity index (χ0) is 26.7. The lowest BCUT2D eigenvalue weighted by molar-refractivity contribution is -0.138. The van der Waals surface area contributed by atoms with Gasteiger partial charge in [-0.25, -0.2) is 0 Å². The Balaban J connectivity index is 1.09. The van der Waals surface area contributed by atoms with E-state index in [1.54, 1.807) is 7.11 Å². The lowest BCUT2D eigenvalue weighted by Crippen LogP contribution is -2.51. The third-order valence-corrected chi connectivity index (χ3v) is 7.60. The molecule has 5 rings (SSSR count). The Morgan fingerprint density at radius 1 is 0.921 bits per heavy atom. The molecule has 3 aromatic rings. The number of piperazine rings is 1. The number of carbonyl (C=O) groups excluding carboxylic acids is 1. The van der Waals surface area contributed by atoms with Crippen molar-refractivity contribution in [2.45, 2.75) is 25.6 Å². The SMILES string of the molecule is COc1cccc(N2CCN(C(=O)C3CCN(Cc4ccn(-c5ccc(C(F)(F)F)cc5)c4)CC3)CC2)c1. The predicted octanol–water partition coefficient (Wildman–Crippen LogP) is 5.07. The smallest absolute Gasteiger partial charge is 0.416 e. The lowest BCUT2D eigenvalue weighted by atomic mass is 9.94. The number of likely N-dealkylation sites (tertiary alicyclic amines) is 1. The number of alkyl halides is 3. The van der Waals surface area contributed by atoms with Crippen molar-refractivity contribution in [1.29, 1.82) is 0 Å². The van der Waals surface area contributed by atoms with Crippen LogP contribution in [0.25, 0.3) is 5.69 Å². The topological polar surface area (TPSA) is 41.0 Å². The number of benzene rings is 2. The van der Waals surface area contributed by atoms with Crippen molar-refractivity contribution in [2.24, 2.45) is 5.92 Å². The molecule has 38 heavy (non-hydrogen) atoms. The van der Waals surface area contributed by atoms with E-state index in [-0.39, 0.29) is 11.8 Å². The van der Waals surface area contributed by atoms with Gasteiger partial charge < -0.3 is 19.1 Å². The first kappa shape index (κ1) is 26.2. The van der Waals surface area contributed by atoms with Crippen LogP contribution < -0.4 is 9.64 Å². The third kappa shape index (κ3) is 5.99. The van der Waals surface area contributed by atoms with Gasteiger partial charge in [0.05, 0.1) is 12.7 Å². The molecule has 0 radical (unpaired) electrons. The number of hydrogen-bond donors (Lipinski definition) is 0. The molecule has 0 N–H and O–H groups in total. The fourth-order valence-electron chi connectivity index (χ4n) is 5.36. The number of piperidine rings is 1. The largest absolute Gasteiger partial charge is 0.497 e. The van der Waals surface area contributed by atoms with E-state index in [1.807, 2.05) is 46.1 Å². The summed E-state index contributed by atoms with van der Waals surface area (Å²) in [5, 5.41) is 0. The Hall–Kier alpha value is -3.46. The van der Waals surface area contributed by atoms with E-state index in [4.69, 9.17) is 4.74 Å². The van der Waals surface area contributed by atoms with Crippen LogP contribution in [0.5, 0.6) is 5.75 Å². The summed E-state index contributed by atoms with van der Waals surface area (Å²) in [6, 6.07) is 15.2. The van der Waals surface area contributed by atoms with Gasteiger partial charge in [-0.15, -0.1) is 0 Å². The molecule has 2 fully saturated rings. The minimum absolute atomic E-state index is 0.0614. The van der Waals surface area contributed by atoms with E-state index in [1.165, 1.54) is 12.1 Å². The highest BCUT2D eigenvalue weighted by atomic mass is 19.4. The Bertz CT molecular complexity index is 1230. The van der Waals surface area contributed by atoms with Gasteiger partial charge >= 0.3 is 6.18 Å². The first-order valence-electron chi connectivity index (χ1n) is 13.0. The maximum absolute atomic E-state index is 13.2. The van der Waals surface area contributed by atoms with E-state index in [0.717, 1.165) is 87.8 Å². The molecule has 2 saturated heterocycles. The molecule has 1 amide bonds. The number of nitrogens with zero attached hydrogens (tertiary/aromatic N) is 4. The van der Waals surface area contributed by atoms with E-state index in [9.17, 15) is 18.0 Å². The molecule has 2 aliphatic rings. The predicted molar refractivity (Wildman–Crippen MR) is 141 cm³/mol. The zero-order valence-corrected chi connectivity index (χ0v) is 21.5. The van der Waals surface area contributed by atoms with Gasteiger partial charge in [0, 0.05) is 68.5 Å². The van der Waals surface area contributed by atoms with Crippen LogP contribution >= 0.6 is 0 Å². The van der Waals surface area contributed by atoms with Gasteiger partial charge in [-0.2, -0.15) is 13.2 Å². The average Bonchev–Trinajstić information content (AvgIpc) is 3.41. The third-order valence-electron chi connectivity index (χ3n) is 7.60. The molecule has 2 aliphatic heterocycles. The molecular formula is C29H33F3N4O2. The second kappa shape index (κ2) is 11.1. The summed E-state index contributed by atoms with van der Waals surface area (Å²) in [6.45, 7) is 5.55. The number of aromatic nitrogens is 1. The number of hydrogen-bond acceptors (Lipinski definition) is 4. The molecule has 0 spiro atoms. The first-order valence-corrected chi connectivity index (χ1v) is 13.0. The van der Waals surface area contributed by atoms with E-state index in [0.29, 0.717) is 5.69 Å². The summed E-state index contributed by atoms with van der Waals surface area (Å²) in [6.07, 6.45) is 1.18. The van der Waals surface area contributed by atoms with E-state index >= 15 is 0 Å². The highest BCUT2D eigenvalue weighted by Gasteiger charge is 2.31. The first-order chi connectivity index (χ1) is 18.3. The fourth-order valence-corrected chi connectivity index (χ4v) is 5.36. The second-order valence-corrected chi connectivity index (χ2v) is 10.0. The van der Waals surface area contributed by atoms with Crippen LogP contribution in [0, 0.1) is 5.92 Å². The molecule has 3 heterocycles. The van der Waals surface area contributed by atoms with Crippen molar-refractivity contribution in [3.05, 3.63) is 78.1 Å². The Kier molecular flexibility index (Phi) is 7.65. The molecule has 0 aliphatic carbocycles. The van der Waals surface area contributed by atoms with Gasteiger partial charge in [-0.1, -0.05) is 6.07 Å². The quantitative estimate of drug-likeness (QED) is 0.450. The van der Waals surface area contributed by atoms with Crippen LogP contribution in [0.4, 0.5) is 18.9 Å². The van der Waals surface area contributed by atoms with Crippen LogP contribution in [-0.4, -0.2) is 66.7 Å². The molecule has 9 heteroatoms. The molecule has 1 aromatic heterocycles. The molecule has 2 aromatic carbocycles. The van der Waals surface area contributed by atoms with Gasteiger partial charge in [-0.3, -0.25) is 9.69 Å². The minimum Gasteiger partial charge on any atom is -0.497 e. The van der Waals surface area contributed by atoms with Crippen LogP contribution in [0.2, 0.25) is 0 Å². The van der Waals surface area contributed by atoms with Gasteiger partial charge in [0.1, 0.15) is 5.75 Å². The summed E-state index contributed by atoms with van der Waals surface area (Å²) >= 11 is 0. The summed E-state index contributed by atoms with van der Waals surface area (Å²) in [5.74, 6) is 1.17. The number of methoxy groups -OCH3 is 1. The molecule has 202 valence electrons. The van der Waals surface area contributed by atoms with E-state index in [2.05, 4.69) is 15.9 Å². The lowest BCUT2D eigenvalue weighted by Gasteiger charge is -2.39. The molecule has 6 nitrogen and oxygen atoms in total. The van der Waals surface area contributed by atoms with Crippen LogP contribution in [0.15, 0.2) is 67.0 Å². The highest BCUT2D eigenvalue weighted by molar-refractivity contribution is 5.79. The summed E-state index contributed by atoms with van der Waals surface area (Å²) in [4.78, 5) is 19.9. The molecule has 0 bridgehead atoms. The van der Waals surface area contributed by atoms with Gasteiger partial charge in [0.15, 0.2) is 0 Å². The standard InChI is InChI=1S/C29H33F3N4O2/c1-38-27-4-2-3-26(19-27)34-15-17-35(18-16-34)28(37)23-10-12-33(13-11-23)20-22-9-14-36(21-22)25-7-5-24(6-8-25)29(30,31)32/h2-9,14,19,21,23H,10-13,15-18,20H2,1H3. The molecule has 0 atom stereocenters. The molecule has 0 saturated carbocycles. The fraction of sp³-hybridized carbons (Fsp3) is 0.414. The monoisotopic (exact) mass is 526 g/mol. The zero-order valence-electron chi connectivity index (χ0n) is 21.5. The van der Waals surface area contributed by atoms with Crippen molar-refractivity contribution in [1.82, 2.24) is 14.4 Å². The summed E-state index contributed by atoms with van der Waals surface area (Å²) in [5.41, 5.74) is 2.27. The second-order valence-electron chi connectivity index (χ2n) is 10.0. The minimum atomic E-state index is -4.33. The van der Waals surface area contributed by atoms with Crippen LogP contribution in [-0.2, 0) is 17.5 Å². The molecular weight excluding hydrogens is 493 g/mol. The Labute approximate surface area is 221 Å². The number of halogens is 3. The number of rotatable bonds is 6. The average molecular weight is 527 g/mol. The van der Waals surface area contributed by atoms with Crippen molar-refractivity contribution >= 4 is 11.6 Å². The van der Waals surface area contributed by atoms with Crippen molar-refractivity contribution < 1.29 is 22.7 Å². The van der Waals surface area contributed by atoms with Crippen molar-refractivity contribution in [2.75, 3.05) is 51.3 Å². The maximum atomic E-state index is 13.2. The summed E-state index contributed by atoms with van der Waals surface area (Å²) in [7, 11) is 1.67. The van der Waals surface area contributed by atoms with Crippen molar-refractivity contribution in [3.63, 3.8) is 0 Å². The molecule has 0 unspecified atom stereocenters. The number of ether oxygens (including phenoxy) is 1. The number of carbonyl (C=O) groups is 1. The van der Waals surface area contributed by atoms with Crippen molar-refractivity contribution in [3.8, 4) is 11.4 Å². The Morgan fingerprint density at radius 2 is 1.63 bits per heavy atom. The normalized spacial score (nSPS) is 17.6. The Morgan fingerprint density at radius 3 is 2.29 bits per heavy atom. The van der Waals surface area contributed by atoms with Crippen LogP contribution in [0.1, 0.15) is 24.0 Å². The number of amides is 1. The van der Waals surface area contributed by atoms with Gasteiger partial charge in [0.25, 0.3) is 0 Å². The summed E-state index contributed by atoms with van der Waals surface area (Å²) < 4.78 is 45.7. The van der Waals surface area contributed by atoms with Gasteiger partial charge in [0.2, 0.25) is 5.91 Å². The highest BCUT2D eigenvalue weighted by Crippen LogP contribution is 2.30. The van der Waals surface area contributed by atoms with Crippen LogP contribution in [0.3, 0.4) is 0 Å².